The van der Waals surface area contributed by atoms with Crippen LogP contribution < -0.4 is 0 Å². The van der Waals surface area contributed by atoms with Crippen molar-refractivity contribution < 1.29 is 14.4 Å². The molecule has 4 aliphatic rings. The second-order valence-electron chi connectivity index (χ2n) is 6.17. The summed E-state index contributed by atoms with van der Waals surface area (Å²) in [4.78, 5) is 17.5. The van der Waals surface area contributed by atoms with Crippen molar-refractivity contribution in [2.45, 2.75) is 31.8 Å². The summed E-state index contributed by atoms with van der Waals surface area (Å²) in [7, 11) is 1.67. The van der Waals surface area contributed by atoms with E-state index in [-0.39, 0.29) is 23.2 Å². The van der Waals surface area contributed by atoms with E-state index in [0.717, 1.165) is 23.1 Å². The van der Waals surface area contributed by atoms with Gasteiger partial charge in [-0.1, -0.05) is 28.1 Å². The maximum atomic E-state index is 12.1. The fourth-order valence-electron chi connectivity index (χ4n) is 4.21. The Hall–Kier alpha value is -1.07. The average Bonchev–Trinajstić information content (AvgIpc) is 2.75. The van der Waals surface area contributed by atoms with Crippen molar-refractivity contribution >= 4 is 21.7 Å². The summed E-state index contributed by atoms with van der Waals surface area (Å²) in [6.07, 6.45) is 9.66. The number of rotatable bonds is 1. The minimum atomic E-state index is -0.230. The number of hydroxylamine groups is 2. The number of ketones is 1. The maximum absolute atomic E-state index is 12.1. The molecule has 0 aromatic rings. The van der Waals surface area contributed by atoms with E-state index in [2.05, 4.69) is 28.1 Å². The smallest absolute Gasteiger partial charge is 0.141 e. The lowest BCUT2D eigenvalue weighted by Crippen LogP contribution is -2.37. The normalized spacial score (nSPS) is 37.7. The Morgan fingerprint density at radius 1 is 1.52 bits per heavy atom. The highest BCUT2D eigenvalue weighted by molar-refractivity contribution is 9.11. The number of carbonyl (C=O) groups is 1. The summed E-state index contributed by atoms with van der Waals surface area (Å²) >= 11 is 3.77. The first kappa shape index (κ1) is 13.6. The third kappa shape index (κ3) is 1.80. The maximum Gasteiger partial charge on any atom is 0.141 e. The van der Waals surface area contributed by atoms with E-state index in [1.165, 1.54) is 5.57 Å². The van der Waals surface area contributed by atoms with Gasteiger partial charge >= 0.3 is 0 Å². The average molecular weight is 352 g/mol. The van der Waals surface area contributed by atoms with Gasteiger partial charge in [-0.25, -0.2) is 0 Å². The largest absolute Gasteiger partial charge is 0.493 e. The molecule has 0 saturated heterocycles. The molecule has 3 atom stereocenters. The van der Waals surface area contributed by atoms with Gasteiger partial charge in [-0.05, 0) is 18.4 Å². The topological polar surface area (TPSA) is 38.8 Å². The van der Waals surface area contributed by atoms with Crippen LogP contribution in [0.15, 0.2) is 34.2 Å². The molecule has 2 aliphatic heterocycles. The van der Waals surface area contributed by atoms with Crippen LogP contribution in [0.5, 0.6) is 0 Å². The summed E-state index contributed by atoms with van der Waals surface area (Å²) in [5.41, 5.74) is 1.07. The van der Waals surface area contributed by atoms with Crippen LogP contribution in [0.1, 0.15) is 25.7 Å². The van der Waals surface area contributed by atoms with Crippen LogP contribution >= 0.6 is 15.9 Å². The molecular formula is C16H18BrNO3. The fraction of sp³-hybridized carbons (Fsp3) is 0.562. The molecular weight excluding hydrogens is 334 g/mol. The predicted molar refractivity (Wildman–Crippen MR) is 81.2 cm³/mol. The number of ether oxygens (including phenoxy) is 1. The Morgan fingerprint density at radius 2 is 2.38 bits per heavy atom. The second-order valence-corrected chi connectivity index (χ2v) is 7.02. The van der Waals surface area contributed by atoms with Crippen LogP contribution in [-0.2, 0) is 14.4 Å². The van der Waals surface area contributed by atoms with Crippen LogP contribution in [-0.4, -0.2) is 30.6 Å². The van der Waals surface area contributed by atoms with Crippen LogP contribution in [0.4, 0.5) is 0 Å². The van der Waals surface area contributed by atoms with Crippen molar-refractivity contribution in [3.63, 3.8) is 0 Å². The molecule has 0 N–H and O–H groups in total. The number of allylic oxidation sites excluding steroid dienone is 2. The standard InChI is InChI=1S/C16H18BrNO3/c1-20-18-8-10-6-11(19)7-12-15(10)16(13(17)9-18)5-3-2-4-14(16)21-12/h3,5,9-10,14H,2,4,6-8H2,1H3. The van der Waals surface area contributed by atoms with Gasteiger partial charge in [0, 0.05) is 23.0 Å². The minimum Gasteiger partial charge on any atom is -0.493 e. The highest BCUT2D eigenvalue weighted by Crippen LogP contribution is 2.59. The zero-order valence-corrected chi connectivity index (χ0v) is 13.6. The molecule has 0 saturated carbocycles. The number of hydrogen-bond donors (Lipinski definition) is 0. The lowest BCUT2D eigenvalue weighted by molar-refractivity contribution is -0.122. The number of nitrogens with zero attached hydrogens (tertiary/aromatic N) is 1. The first-order valence-electron chi connectivity index (χ1n) is 7.43. The fourth-order valence-corrected chi connectivity index (χ4v) is 5.04. The van der Waals surface area contributed by atoms with E-state index in [1.807, 2.05) is 11.3 Å². The molecule has 112 valence electrons. The SMILES string of the molecule is CON1C=C(Br)C23C=CCCC2OC2=C3C(CC(=O)C2)C1. The molecule has 21 heavy (non-hydrogen) atoms. The highest BCUT2D eigenvalue weighted by atomic mass is 79.9. The summed E-state index contributed by atoms with van der Waals surface area (Å²) < 4.78 is 7.29. The Morgan fingerprint density at radius 3 is 3.19 bits per heavy atom. The van der Waals surface area contributed by atoms with E-state index in [0.29, 0.717) is 19.4 Å². The molecule has 0 aromatic carbocycles. The summed E-state index contributed by atoms with van der Waals surface area (Å²) in [5, 5.41) is 1.82. The zero-order valence-electron chi connectivity index (χ0n) is 12.0. The van der Waals surface area contributed by atoms with Crippen LogP contribution in [0, 0.1) is 11.3 Å². The van der Waals surface area contributed by atoms with Crippen molar-refractivity contribution in [2.75, 3.05) is 13.7 Å². The molecule has 3 unspecified atom stereocenters. The third-order valence-corrected chi connectivity index (χ3v) is 5.90. The Labute approximate surface area is 132 Å². The van der Waals surface area contributed by atoms with Crippen LogP contribution in [0.3, 0.4) is 0 Å². The number of halogens is 1. The van der Waals surface area contributed by atoms with E-state index < -0.39 is 0 Å². The molecule has 5 heteroatoms. The van der Waals surface area contributed by atoms with E-state index in [9.17, 15) is 4.79 Å². The molecule has 0 amide bonds. The van der Waals surface area contributed by atoms with Crippen molar-refractivity contribution in [1.82, 2.24) is 5.06 Å². The third-order valence-electron chi connectivity index (χ3n) is 5.04. The molecule has 2 heterocycles. The number of Topliss-reactive ketones (excluding diaryl/α,β-unsaturated/α-hetero) is 1. The van der Waals surface area contributed by atoms with Gasteiger partial charge in [-0.3, -0.25) is 14.7 Å². The van der Waals surface area contributed by atoms with Crippen molar-refractivity contribution in [1.29, 1.82) is 0 Å². The van der Waals surface area contributed by atoms with E-state index in [1.54, 1.807) is 7.11 Å². The molecule has 2 aliphatic carbocycles. The second kappa shape index (κ2) is 4.71. The van der Waals surface area contributed by atoms with Gasteiger partial charge in [0.1, 0.15) is 17.6 Å². The summed E-state index contributed by atoms with van der Waals surface area (Å²) in [5.74, 6) is 1.35. The number of hydrogen-bond acceptors (Lipinski definition) is 4. The Balaban J connectivity index is 1.92. The lowest BCUT2D eigenvalue weighted by atomic mass is 9.66. The number of carbonyl (C=O) groups excluding carboxylic acids is 1. The predicted octanol–water partition coefficient (Wildman–Crippen LogP) is 3.07. The van der Waals surface area contributed by atoms with Gasteiger partial charge in [0.05, 0.1) is 25.5 Å². The lowest BCUT2D eigenvalue weighted by Gasteiger charge is -2.37. The molecule has 0 aromatic heterocycles. The molecule has 0 radical (unpaired) electrons. The van der Waals surface area contributed by atoms with E-state index >= 15 is 0 Å². The van der Waals surface area contributed by atoms with Gasteiger partial charge in [0.15, 0.2) is 0 Å². The van der Waals surface area contributed by atoms with Crippen molar-refractivity contribution in [2.24, 2.45) is 11.3 Å². The van der Waals surface area contributed by atoms with Crippen molar-refractivity contribution in [3.8, 4) is 0 Å². The van der Waals surface area contributed by atoms with Crippen LogP contribution in [0.25, 0.3) is 0 Å². The first-order chi connectivity index (χ1) is 10.1. The molecule has 0 bridgehead atoms. The minimum absolute atomic E-state index is 0.100. The van der Waals surface area contributed by atoms with Gasteiger partial charge in [0.25, 0.3) is 0 Å². The highest BCUT2D eigenvalue weighted by Gasteiger charge is 2.56. The monoisotopic (exact) mass is 351 g/mol. The summed E-state index contributed by atoms with van der Waals surface area (Å²) in [6.45, 7) is 0.696. The Bertz CT molecular complexity index is 594. The zero-order chi connectivity index (χ0) is 14.6. The molecule has 0 fully saturated rings. The molecule has 4 nitrogen and oxygen atoms in total. The Kier molecular flexibility index (Phi) is 3.05. The van der Waals surface area contributed by atoms with Gasteiger partial charge in [0.2, 0.25) is 0 Å². The molecule has 1 spiro atoms. The van der Waals surface area contributed by atoms with Gasteiger partial charge in [-0.2, -0.15) is 0 Å². The molecule has 4 rings (SSSR count). The quantitative estimate of drug-likeness (QED) is 0.680. The van der Waals surface area contributed by atoms with Crippen LogP contribution in [0.2, 0.25) is 0 Å². The van der Waals surface area contributed by atoms with Gasteiger partial charge < -0.3 is 4.74 Å². The first-order valence-corrected chi connectivity index (χ1v) is 8.22. The van der Waals surface area contributed by atoms with Crippen molar-refractivity contribution in [3.05, 3.63) is 34.2 Å². The van der Waals surface area contributed by atoms with Gasteiger partial charge in [-0.15, -0.1) is 0 Å². The van der Waals surface area contributed by atoms with E-state index in [4.69, 9.17) is 9.57 Å². The summed E-state index contributed by atoms with van der Waals surface area (Å²) in [6, 6.07) is 0.